The van der Waals surface area contributed by atoms with Crippen LogP contribution in [0, 0.1) is 16.0 Å². The molecule has 3 heterocycles. The predicted molar refractivity (Wildman–Crippen MR) is 124 cm³/mol. The number of amides is 1. The maximum absolute atomic E-state index is 12.7. The molecule has 0 saturated carbocycles. The zero-order valence-corrected chi connectivity index (χ0v) is 18.4. The summed E-state index contributed by atoms with van der Waals surface area (Å²) in [5, 5.41) is 14.3. The molecule has 1 N–H and O–H groups in total. The van der Waals surface area contributed by atoms with E-state index in [1.54, 1.807) is 12.1 Å². The summed E-state index contributed by atoms with van der Waals surface area (Å²) < 4.78 is 0. The molecule has 0 unspecified atom stereocenters. The number of aromatic nitrogens is 1. The molecule has 0 radical (unpaired) electrons. The minimum atomic E-state index is -0.350. The molecule has 0 atom stereocenters. The Hall–Kier alpha value is -3.20. The number of carbonyl (C=O) groups excluding carboxylic acids is 1. The number of nitrogens with zero attached hydrogens (tertiary/aromatic N) is 5. The molecule has 4 rings (SSSR count). The smallest absolute Gasteiger partial charge is 0.292 e. The number of likely N-dealkylation sites (N-methyl/N-ethyl adjacent to an activating group) is 1. The molecular formula is C23H30N6O3. The standard InChI is InChI=1S/C23H30N6O3/c1-26-12-14-28(15-13-26)22-7-6-18(16-24-22)17-25-23(30)19-8-10-27(11-9-19)20-4-2-3-5-21(20)29(31)32/h2-7,16,19H,8-15,17H2,1H3,(H,25,30). The van der Waals surface area contributed by atoms with Crippen molar-refractivity contribution in [2.75, 3.05) is 56.1 Å². The van der Waals surface area contributed by atoms with Crippen molar-refractivity contribution in [3.8, 4) is 0 Å². The van der Waals surface area contributed by atoms with E-state index in [2.05, 4.69) is 27.1 Å². The zero-order chi connectivity index (χ0) is 22.5. The first kappa shape index (κ1) is 22.0. The molecule has 1 amide bonds. The lowest BCUT2D eigenvalue weighted by Gasteiger charge is -2.33. The molecule has 1 aromatic carbocycles. The molecule has 9 heteroatoms. The Morgan fingerprint density at radius 2 is 1.78 bits per heavy atom. The topological polar surface area (TPSA) is 94.8 Å². The van der Waals surface area contributed by atoms with Crippen LogP contribution in [0.5, 0.6) is 0 Å². The van der Waals surface area contributed by atoms with Crippen LogP contribution in [-0.2, 0) is 11.3 Å². The van der Waals surface area contributed by atoms with E-state index in [1.165, 1.54) is 6.07 Å². The fourth-order valence-electron chi connectivity index (χ4n) is 4.35. The second kappa shape index (κ2) is 9.95. The van der Waals surface area contributed by atoms with Gasteiger partial charge in [-0.2, -0.15) is 0 Å². The minimum absolute atomic E-state index is 0.0374. The highest BCUT2D eigenvalue weighted by Crippen LogP contribution is 2.31. The molecule has 170 valence electrons. The first-order valence-corrected chi connectivity index (χ1v) is 11.2. The van der Waals surface area contributed by atoms with Gasteiger partial charge in [-0.3, -0.25) is 14.9 Å². The maximum Gasteiger partial charge on any atom is 0.292 e. The van der Waals surface area contributed by atoms with Crippen LogP contribution in [0.1, 0.15) is 18.4 Å². The largest absolute Gasteiger partial charge is 0.366 e. The predicted octanol–water partition coefficient (Wildman–Crippen LogP) is 2.27. The van der Waals surface area contributed by atoms with Crippen LogP contribution in [-0.4, -0.2) is 67.0 Å². The molecule has 9 nitrogen and oxygen atoms in total. The van der Waals surface area contributed by atoms with E-state index in [4.69, 9.17) is 0 Å². The van der Waals surface area contributed by atoms with Crippen molar-refractivity contribution < 1.29 is 9.72 Å². The van der Waals surface area contributed by atoms with Crippen LogP contribution in [0.25, 0.3) is 0 Å². The number of pyridine rings is 1. The van der Waals surface area contributed by atoms with Crippen LogP contribution in [0.4, 0.5) is 17.2 Å². The van der Waals surface area contributed by atoms with E-state index >= 15 is 0 Å². The van der Waals surface area contributed by atoms with Gasteiger partial charge in [0.2, 0.25) is 5.91 Å². The van der Waals surface area contributed by atoms with Crippen molar-refractivity contribution in [1.82, 2.24) is 15.2 Å². The second-order valence-electron chi connectivity index (χ2n) is 8.54. The Morgan fingerprint density at radius 1 is 1.06 bits per heavy atom. The minimum Gasteiger partial charge on any atom is -0.366 e. The van der Waals surface area contributed by atoms with Gasteiger partial charge in [0.05, 0.1) is 4.92 Å². The van der Waals surface area contributed by atoms with Crippen LogP contribution in [0.3, 0.4) is 0 Å². The third-order valence-corrected chi connectivity index (χ3v) is 6.39. The van der Waals surface area contributed by atoms with E-state index in [9.17, 15) is 14.9 Å². The molecule has 32 heavy (non-hydrogen) atoms. The number of piperazine rings is 1. The lowest BCUT2D eigenvalue weighted by atomic mass is 9.95. The van der Waals surface area contributed by atoms with Crippen molar-refractivity contribution in [2.45, 2.75) is 19.4 Å². The number of anilines is 2. The Bertz CT molecular complexity index is 935. The van der Waals surface area contributed by atoms with E-state index in [1.807, 2.05) is 29.3 Å². The van der Waals surface area contributed by atoms with Crippen LogP contribution < -0.4 is 15.1 Å². The molecule has 0 bridgehead atoms. The normalized spacial score (nSPS) is 17.9. The Morgan fingerprint density at radius 3 is 2.44 bits per heavy atom. The zero-order valence-electron chi connectivity index (χ0n) is 18.4. The van der Waals surface area contributed by atoms with Gasteiger partial charge in [0.25, 0.3) is 5.69 Å². The highest BCUT2D eigenvalue weighted by molar-refractivity contribution is 5.79. The summed E-state index contributed by atoms with van der Waals surface area (Å²) >= 11 is 0. The third-order valence-electron chi connectivity index (χ3n) is 6.39. The number of hydrogen-bond acceptors (Lipinski definition) is 7. The number of piperidine rings is 1. The fourth-order valence-corrected chi connectivity index (χ4v) is 4.35. The van der Waals surface area contributed by atoms with Crippen molar-refractivity contribution in [2.24, 2.45) is 5.92 Å². The van der Waals surface area contributed by atoms with Crippen LogP contribution >= 0.6 is 0 Å². The Balaban J connectivity index is 1.25. The SMILES string of the molecule is CN1CCN(c2ccc(CNC(=O)C3CCN(c4ccccc4[N+](=O)[O-])CC3)cn2)CC1. The molecule has 2 aliphatic rings. The lowest BCUT2D eigenvalue weighted by molar-refractivity contribution is -0.384. The third kappa shape index (κ3) is 5.16. The lowest BCUT2D eigenvalue weighted by Crippen LogP contribution is -2.44. The highest BCUT2D eigenvalue weighted by Gasteiger charge is 2.28. The summed E-state index contributed by atoms with van der Waals surface area (Å²) in [6, 6.07) is 10.8. The van der Waals surface area contributed by atoms with Crippen molar-refractivity contribution in [3.63, 3.8) is 0 Å². The van der Waals surface area contributed by atoms with E-state index in [-0.39, 0.29) is 22.4 Å². The summed E-state index contributed by atoms with van der Waals surface area (Å²) in [5.41, 5.74) is 1.72. The van der Waals surface area contributed by atoms with E-state index < -0.39 is 0 Å². The fraction of sp³-hybridized carbons (Fsp3) is 0.478. The number of para-hydroxylation sites is 2. The first-order chi connectivity index (χ1) is 15.5. The summed E-state index contributed by atoms with van der Waals surface area (Å²) in [7, 11) is 2.13. The molecule has 2 saturated heterocycles. The molecule has 0 aliphatic carbocycles. The number of rotatable bonds is 6. The van der Waals surface area contributed by atoms with Gasteiger partial charge in [0.1, 0.15) is 11.5 Å². The van der Waals surface area contributed by atoms with Crippen molar-refractivity contribution in [1.29, 1.82) is 0 Å². The van der Waals surface area contributed by atoms with Gasteiger partial charge in [-0.1, -0.05) is 18.2 Å². The van der Waals surface area contributed by atoms with Gasteiger partial charge < -0.3 is 20.0 Å². The van der Waals surface area contributed by atoms with E-state index in [0.717, 1.165) is 37.6 Å². The first-order valence-electron chi connectivity index (χ1n) is 11.2. The molecule has 1 aromatic heterocycles. The quantitative estimate of drug-likeness (QED) is 0.546. The number of nitrogens with one attached hydrogen (secondary N) is 1. The summed E-state index contributed by atoms with van der Waals surface area (Å²) in [6.45, 7) is 5.74. The number of carbonyl (C=O) groups is 1. The molecular weight excluding hydrogens is 408 g/mol. The van der Waals surface area contributed by atoms with Crippen LogP contribution in [0.2, 0.25) is 0 Å². The number of hydrogen-bond donors (Lipinski definition) is 1. The Kier molecular flexibility index (Phi) is 6.84. The molecule has 2 fully saturated rings. The van der Waals surface area contributed by atoms with Crippen molar-refractivity contribution in [3.05, 3.63) is 58.3 Å². The maximum atomic E-state index is 12.7. The molecule has 2 aliphatic heterocycles. The molecule has 2 aromatic rings. The van der Waals surface area contributed by atoms with Gasteiger partial charge in [-0.15, -0.1) is 0 Å². The van der Waals surface area contributed by atoms with Crippen molar-refractivity contribution >= 4 is 23.1 Å². The van der Waals surface area contributed by atoms with Gasteiger partial charge in [-0.05, 0) is 37.6 Å². The summed E-state index contributed by atoms with van der Waals surface area (Å²) in [4.78, 5) is 34.8. The number of benzene rings is 1. The number of nitro groups is 1. The highest BCUT2D eigenvalue weighted by atomic mass is 16.6. The monoisotopic (exact) mass is 438 g/mol. The summed E-state index contributed by atoms with van der Waals surface area (Å²) in [6.07, 6.45) is 3.20. The Labute approximate surface area is 188 Å². The average Bonchev–Trinajstić information content (AvgIpc) is 2.83. The van der Waals surface area contributed by atoms with E-state index in [0.29, 0.717) is 38.2 Å². The number of nitro benzene ring substituents is 1. The second-order valence-corrected chi connectivity index (χ2v) is 8.54. The van der Waals surface area contributed by atoms with Gasteiger partial charge >= 0.3 is 0 Å². The molecule has 0 spiro atoms. The summed E-state index contributed by atoms with van der Waals surface area (Å²) in [5.74, 6) is 0.942. The van der Waals surface area contributed by atoms with Gasteiger partial charge in [0, 0.05) is 64.0 Å². The van der Waals surface area contributed by atoms with Gasteiger partial charge in [-0.25, -0.2) is 4.98 Å². The van der Waals surface area contributed by atoms with Crippen LogP contribution in [0.15, 0.2) is 42.6 Å². The average molecular weight is 439 g/mol. The van der Waals surface area contributed by atoms with Gasteiger partial charge in [0.15, 0.2) is 0 Å².